The van der Waals surface area contributed by atoms with E-state index in [0.29, 0.717) is 6.04 Å². The molecule has 1 saturated heterocycles. The van der Waals surface area contributed by atoms with Gasteiger partial charge in [-0.15, -0.1) is 0 Å². The molecule has 1 aromatic rings. The van der Waals surface area contributed by atoms with E-state index in [1.165, 1.54) is 32.7 Å². The predicted molar refractivity (Wildman–Crippen MR) is 131 cm³/mol. The Labute approximate surface area is 200 Å². The molecule has 4 rings (SSSR count). The van der Waals surface area contributed by atoms with Gasteiger partial charge in [0.15, 0.2) is 0 Å². The van der Waals surface area contributed by atoms with E-state index >= 15 is 0 Å². The third kappa shape index (κ3) is 4.75. The fourth-order valence-corrected chi connectivity index (χ4v) is 6.36. The lowest BCUT2D eigenvalue weighted by molar-refractivity contribution is -0.133. The van der Waals surface area contributed by atoms with Crippen LogP contribution in [0.4, 0.5) is 5.69 Å². The summed E-state index contributed by atoms with van der Waals surface area (Å²) in [6, 6.07) is 6.90. The minimum atomic E-state index is -0.453. The van der Waals surface area contributed by atoms with Gasteiger partial charge in [0.2, 0.25) is 11.8 Å². The number of amides is 2. The number of anilines is 1. The second-order valence-corrected chi connectivity index (χ2v) is 11.2. The number of hydrogen-bond donors (Lipinski definition) is 1. The number of benzene rings is 1. The third-order valence-corrected chi connectivity index (χ3v) is 8.49. The highest BCUT2D eigenvalue weighted by molar-refractivity contribution is 9.10. The molecule has 1 atom stereocenters. The Morgan fingerprint density at radius 2 is 1.78 bits per heavy atom. The fourth-order valence-electron chi connectivity index (χ4n) is 5.98. The molecule has 1 saturated carbocycles. The van der Waals surface area contributed by atoms with Crippen molar-refractivity contribution in [3.8, 4) is 0 Å². The van der Waals surface area contributed by atoms with Gasteiger partial charge in [0, 0.05) is 48.8 Å². The molecule has 2 fully saturated rings. The van der Waals surface area contributed by atoms with Crippen LogP contribution in [0.2, 0.25) is 0 Å². The maximum atomic E-state index is 13.5. The summed E-state index contributed by atoms with van der Waals surface area (Å²) < 4.78 is 0.927. The van der Waals surface area contributed by atoms with Gasteiger partial charge >= 0.3 is 0 Å². The lowest BCUT2D eigenvalue weighted by atomic mass is 9.79. The topological polar surface area (TPSA) is 69.9 Å². The predicted octanol–water partition coefficient (Wildman–Crippen LogP) is 4.28. The van der Waals surface area contributed by atoms with Crippen molar-refractivity contribution >= 4 is 33.4 Å². The fraction of sp³-hybridized carbons (Fsp3) is 0.680. The smallest absolute Gasteiger partial charge is 0.237 e. The Morgan fingerprint density at radius 3 is 2.38 bits per heavy atom. The van der Waals surface area contributed by atoms with Gasteiger partial charge in [0.05, 0.1) is 5.92 Å². The zero-order valence-electron chi connectivity index (χ0n) is 19.6. The van der Waals surface area contributed by atoms with Crippen LogP contribution < -0.4 is 10.7 Å². The van der Waals surface area contributed by atoms with Gasteiger partial charge in [-0.25, -0.2) is 5.84 Å². The summed E-state index contributed by atoms with van der Waals surface area (Å²) in [5, 5.41) is 1.08. The van der Waals surface area contributed by atoms with Crippen LogP contribution >= 0.6 is 15.9 Å². The van der Waals surface area contributed by atoms with Crippen molar-refractivity contribution in [1.82, 2.24) is 9.91 Å². The van der Waals surface area contributed by atoms with E-state index in [-0.39, 0.29) is 24.3 Å². The van der Waals surface area contributed by atoms with Gasteiger partial charge in [-0.3, -0.25) is 14.6 Å². The number of fused-ring (bicyclic) bond motifs is 1. The highest BCUT2D eigenvalue weighted by Crippen LogP contribution is 2.43. The maximum Gasteiger partial charge on any atom is 0.237 e. The van der Waals surface area contributed by atoms with Crippen LogP contribution in [0.5, 0.6) is 0 Å². The number of rotatable bonds is 5. The number of piperidine rings is 1. The molecule has 0 bridgehead atoms. The van der Waals surface area contributed by atoms with Gasteiger partial charge < -0.3 is 9.80 Å². The SMILES string of the molecule is CC(C)[C@H]1CC[C@@H](N2CCC(N3C(=O)C(CC(=O)N(C)N)c4cc(Br)ccc43)CC2)CC1. The molecule has 176 valence electrons. The first-order chi connectivity index (χ1) is 15.3. The van der Waals surface area contributed by atoms with Crippen LogP contribution in [-0.4, -0.2) is 53.9 Å². The zero-order chi connectivity index (χ0) is 23.0. The lowest BCUT2D eigenvalue weighted by Crippen LogP contribution is -2.50. The Bertz CT molecular complexity index is 842. The van der Waals surface area contributed by atoms with Crippen molar-refractivity contribution < 1.29 is 9.59 Å². The van der Waals surface area contributed by atoms with E-state index in [9.17, 15) is 9.59 Å². The van der Waals surface area contributed by atoms with Crippen molar-refractivity contribution in [1.29, 1.82) is 0 Å². The quantitative estimate of drug-likeness (QED) is 0.369. The van der Waals surface area contributed by atoms with Gasteiger partial charge in [0.25, 0.3) is 0 Å². The number of hydrogen-bond acceptors (Lipinski definition) is 4. The molecular formula is C25H37BrN4O2. The molecule has 0 spiro atoms. The molecule has 3 aliphatic rings. The van der Waals surface area contributed by atoms with E-state index < -0.39 is 5.92 Å². The van der Waals surface area contributed by atoms with E-state index in [0.717, 1.165) is 58.5 Å². The molecule has 0 aromatic heterocycles. The van der Waals surface area contributed by atoms with E-state index in [1.807, 2.05) is 23.1 Å². The summed E-state index contributed by atoms with van der Waals surface area (Å²) in [6.45, 7) is 6.80. The first-order valence-corrected chi connectivity index (χ1v) is 12.9. The summed E-state index contributed by atoms with van der Waals surface area (Å²) >= 11 is 3.53. The standard InChI is InChI=1S/C25H37BrN4O2/c1-16(2)17-4-7-19(8-5-17)29-12-10-20(11-13-29)30-23-9-6-18(26)14-21(23)22(25(30)32)15-24(31)28(3)27/h6,9,14,16-17,19-20,22H,4-5,7-8,10-13,15,27H2,1-3H3/t17-,19+,22?. The Balaban J connectivity index is 1.43. The summed E-state index contributed by atoms with van der Waals surface area (Å²) in [7, 11) is 1.53. The summed E-state index contributed by atoms with van der Waals surface area (Å²) in [5.74, 6) is 6.69. The number of likely N-dealkylation sites (tertiary alicyclic amines) is 1. The minimum absolute atomic E-state index is 0.0455. The van der Waals surface area contributed by atoms with Crippen molar-refractivity contribution in [3.63, 3.8) is 0 Å². The number of carbonyl (C=O) groups excluding carboxylic acids is 2. The van der Waals surface area contributed by atoms with Crippen LogP contribution in [0.3, 0.4) is 0 Å². The highest BCUT2D eigenvalue weighted by Gasteiger charge is 2.43. The van der Waals surface area contributed by atoms with Crippen LogP contribution in [0.25, 0.3) is 0 Å². The molecule has 1 aliphatic carbocycles. The normalized spacial score (nSPS) is 27.1. The number of nitrogens with zero attached hydrogens (tertiary/aromatic N) is 3. The minimum Gasteiger partial charge on any atom is -0.308 e. The molecule has 7 heteroatoms. The van der Waals surface area contributed by atoms with E-state index in [4.69, 9.17) is 5.84 Å². The average Bonchev–Trinajstić information content (AvgIpc) is 3.04. The van der Waals surface area contributed by atoms with Crippen LogP contribution in [0.1, 0.15) is 70.3 Å². The second kappa shape index (κ2) is 9.82. The Kier molecular flexibility index (Phi) is 7.27. The monoisotopic (exact) mass is 504 g/mol. The van der Waals surface area contributed by atoms with Crippen molar-refractivity contribution in [2.45, 2.75) is 76.8 Å². The molecule has 32 heavy (non-hydrogen) atoms. The third-order valence-electron chi connectivity index (χ3n) is 8.00. The molecule has 1 unspecified atom stereocenters. The Morgan fingerprint density at radius 1 is 1.12 bits per heavy atom. The van der Waals surface area contributed by atoms with Crippen LogP contribution in [-0.2, 0) is 9.59 Å². The highest BCUT2D eigenvalue weighted by atomic mass is 79.9. The molecule has 2 amide bonds. The molecule has 1 aromatic carbocycles. The van der Waals surface area contributed by atoms with Crippen LogP contribution in [0.15, 0.2) is 22.7 Å². The second-order valence-electron chi connectivity index (χ2n) is 10.3. The largest absolute Gasteiger partial charge is 0.308 e. The summed E-state index contributed by atoms with van der Waals surface area (Å²) in [6.07, 6.45) is 7.41. The molecule has 0 radical (unpaired) electrons. The lowest BCUT2D eigenvalue weighted by Gasteiger charge is -2.43. The van der Waals surface area contributed by atoms with Gasteiger partial charge in [-0.1, -0.05) is 29.8 Å². The molecular weight excluding hydrogens is 468 g/mol. The van der Waals surface area contributed by atoms with Gasteiger partial charge in [0.1, 0.15) is 0 Å². The van der Waals surface area contributed by atoms with Crippen molar-refractivity contribution in [3.05, 3.63) is 28.2 Å². The number of halogens is 1. The van der Waals surface area contributed by atoms with E-state index in [2.05, 4.69) is 34.7 Å². The number of nitrogens with two attached hydrogens (primary N) is 1. The first kappa shape index (κ1) is 23.7. The van der Waals surface area contributed by atoms with Gasteiger partial charge in [-0.2, -0.15) is 0 Å². The van der Waals surface area contributed by atoms with Gasteiger partial charge in [-0.05, 0) is 74.1 Å². The average molecular weight is 506 g/mol. The molecule has 6 nitrogen and oxygen atoms in total. The molecule has 2 N–H and O–H groups in total. The zero-order valence-corrected chi connectivity index (χ0v) is 21.2. The summed E-state index contributed by atoms with van der Waals surface area (Å²) in [4.78, 5) is 30.5. The molecule has 2 aliphatic heterocycles. The van der Waals surface area contributed by atoms with Crippen LogP contribution in [0, 0.1) is 11.8 Å². The maximum absolute atomic E-state index is 13.5. The summed E-state index contributed by atoms with van der Waals surface area (Å²) in [5.41, 5.74) is 1.90. The number of hydrazine groups is 1. The number of carbonyl (C=O) groups is 2. The Hall–Kier alpha value is -1.44. The molecule has 2 heterocycles. The van der Waals surface area contributed by atoms with Crippen molar-refractivity contribution in [2.24, 2.45) is 17.7 Å². The van der Waals surface area contributed by atoms with E-state index in [1.54, 1.807) is 0 Å². The van der Waals surface area contributed by atoms with Crippen molar-refractivity contribution in [2.75, 3.05) is 25.0 Å². The first-order valence-electron chi connectivity index (χ1n) is 12.1.